The summed E-state index contributed by atoms with van der Waals surface area (Å²) in [6.07, 6.45) is 0. The third-order valence-corrected chi connectivity index (χ3v) is 4.84. The number of Topliss-reactive ketones (excluding diaryl/α,β-unsaturated/α-hetero) is 2. The molecule has 1 amide bonds. The number of nitrogens with one attached hydrogen (secondary N) is 2. The number of esters is 1. The Kier molecular flexibility index (Phi) is 6.97. The van der Waals surface area contributed by atoms with Crippen LogP contribution >= 0.6 is 0 Å². The molecule has 2 rings (SSSR count). The highest BCUT2D eigenvalue weighted by molar-refractivity contribution is 6.04. The quantitative estimate of drug-likeness (QED) is 0.536. The molecule has 1 aromatic heterocycles. The molecule has 7 heteroatoms. The number of ether oxygens (including phenoxy) is 1. The normalized spacial score (nSPS) is 11.1. The van der Waals surface area contributed by atoms with Crippen LogP contribution in [0.2, 0.25) is 0 Å². The monoisotopic (exact) mass is 412 g/mol. The smallest absolute Gasteiger partial charge is 0.325 e. The second-order valence-corrected chi connectivity index (χ2v) is 8.28. The summed E-state index contributed by atoms with van der Waals surface area (Å²) in [5.41, 5.74) is 3.35. The van der Waals surface area contributed by atoms with E-state index in [4.69, 9.17) is 4.74 Å². The summed E-state index contributed by atoms with van der Waals surface area (Å²) in [4.78, 5) is 51.0. The van der Waals surface area contributed by atoms with Gasteiger partial charge in [-0.2, -0.15) is 0 Å². The van der Waals surface area contributed by atoms with Crippen LogP contribution < -0.4 is 5.32 Å². The van der Waals surface area contributed by atoms with Gasteiger partial charge in [0, 0.05) is 16.8 Å². The van der Waals surface area contributed by atoms with Crippen molar-refractivity contribution >= 4 is 23.4 Å². The molecule has 2 N–H and O–H groups in total. The number of hydrogen-bond donors (Lipinski definition) is 2. The number of rotatable bonds is 7. The Morgan fingerprint density at radius 3 is 2.13 bits per heavy atom. The first-order valence-corrected chi connectivity index (χ1v) is 9.69. The molecule has 0 atom stereocenters. The number of hydrogen-bond acceptors (Lipinski definition) is 5. The molecule has 0 fully saturated rings. The van der Waals surface area contributed by atoms with Crippen molar-refractivity contribution in [1.82, 2.24) is 10.3 Å². The highest BCUT2D eigenvalue weighted by Gasteiger charge is 2.21. The number of benzene rings is 1. The van der Waals surface area contributed by atoms with E-state index < -0.39 is 24.3 Å². The van der Waals surface area contributed by atoms with Crippen molar-refractivity contribution in [2.24, 2.45) is 0 Å². The highest BCUT2D eigenvalue weighted by atomic mass is 16.5. The number of H-pyrrole nitrogens is 1. The zero-order chi connectivity index (χ0) is 22.6. The largest absolute Gasteiger partial charge is 0.456 e. The molecule has 0 saturated heterocycles. The fourth-order valence-electron chi connectivity index (χ4n) is 3.20. The van der Waals surface area contributed by atoms with Crippen LogP contribution in [0.25, 0.3) is 0 Å². The van der Waals surface area contributed by atoms with Gasteiger partial charge in [0.25, 0.3) is 5.91 Å². The lowest BCUT2D eigenvalue weighted by molar-refractivity contribution is -0.141. The predicted octanol–water partition coefficient (Wildman–Crippen LogP) is 3.29. The average Bonchev–Trinajstić information content (AvgIpc) is 2.97. The number of carbonyl (C=O) groups excluding carboxylic acids is 4. The van der Waals surface area contributed by atoms with E-state index in [2.05, 4.69) is 31.1 Å². The van der Waals surface area contributed by atoms with Crippen LogP contribution in [0.4, 0.5) is 0 Å². The van der Waals surface area contributed by atoms with E-state index in [0.717, 1.165) is 5.56 Å². The van der Waals surface area contributed by atoms with E-state index in [9.17, 15) is 19.2 Å². The number of aromatic amines is 1. The zero-order valence-corrected chi connectivity index (χ0v) is 18.3. The third kappa shape index (κ3) is 5.43. The van der Waals surface area contributed by atoms with Crippen molar-refractivity contribution < 1.29 is 23.9 Å². The summed E-state index contributed by atoms with van der Waals surface area (Å²) in [6, 6.07) is 7.16. The number of amides is 1. The molecular weight excluding hydrogens is 384 g/mol. The number of aryl methyl sites for hydroxylation is 1. The van der Waals surface area contributed by atoms with Gasteiger partial charge >= 0.3 is 5.97 Å². The van der Waals surface area contributed by atoms with Crippen LogP contribution in [0.3, 0.4) is 0 Å². The second kappa shape index (κ2) is 9.07. The van der Waals surface area contributed by atoms with Crippen LogP contribution in [0.15, 0.2) is 24.3 Å². The first kappa shape index (κ1) is 23.1. The van der Waals surface area contributed by atoms with Crippen molar-refractivity contribution in [2.45, 2.75) is 47.0 Å². The summed E-state index contributed by atoms with van der Waals surface area (Å²) in [5, 5.41) is 2.48. The SMILES string of the molecule is CC(=O)c1c(C)[nH]c(C(=O)COC(=O)CNC(=O)c2ccc(C(C)(C)C)cc2)c1C. The van der Waals surface area contributed by atoms with Crippen LogP contribution in [0, 0.1) is 13.8 Å². The van der Waals surface area contributed by atoms with Crippen LogP contribution in [0.1, 0.15) is 75.7 Å². The zero-order valence-electron chi connectivity index (χ0n) is 18.3. The van der Waals surface area contributed by atoms with Gasteiger partial charge in [0.05, 0.1) is 5.69 Å². The third-order valence-electron chi connectivity index (χ3n) is 4.84. The van der Waals surface area contributed by atoms with Crippen LogP contribution in [-0.2, 0) is 14.9 Å². The van der Waals surface area contributed by atoms with Gasteiger partial charge in [0.15, 0.2) is 12.4 Å². The molecule has 0 unspecified atom stereocenters. The van der Waals surface area contributed by atoms with Crippen molar-refractivity contribution in [3.05, 3.63) is 57.9 Å². The minimum Gasteiger partial charge on any atom is -0.456 e. The Morgan fingerprint density at radius 2 is 1.63 bits per heavy atom. The summed E-state index contributed by atoms with van der Waals surface area (Å²) in [7, 11) is 0. The van der Waals surface area contributed by atoms with Crippen molar-refractivity contribution in [3.63, 3.8) is 0 Å². The first-order chi connectivity index (χ1) is 13.9. The molecule has 1 aromatic carbocycles. The predicted molar refractivity (Wildman–Crippen MR) is 113 cm³/mol. The van der Waals surface area contributed by atoms with E-state index in [1.54, 1.807) is 26.0 Å². The fraction of sp³-hybridized carbons (Fsp3) is 0.391. The molecule has 0 spiro atoms. The Hall–Kier alpha value is -3.22. The summed E-state index contributed by atoms with van der Waals surface area (Å²) >= 11 is 0. The lowest BCUT2D eigenvalue weighted by atomic mass is 9.87. The number of carbonyl (C=O) groups is 4. The molecule has 30 heavy (non-hydrogen) atoms. The summed E-state index contributed by atoms with van der Waals surface area (Å²) in [6.45, 7) is 10.2. The van der Waals surface area contributed by atoms with E-state index in [-0.39, 0.29) is 23.4 Å². The van der Waals surface area contributed by atoms with Gasteiger partial charge in [-0.15, -0.1) is 0 Å². The molecule has 2 aromatic rings. The van der Waals surface area contributed by atoms with E-state index >= 15 is 0 Å². The van der Waals surface area contributed by atoms with Gasteiger partial charge in [-0.05, 0) is 49.4 Å². The maximum Gasteiger partial charge on any atom is 0.325 e. The number of aromatic nitrogens is 1. The average molecular weight is 412 g/mol. The highest BCUT2D eigenvalue weighted by Crippen LogP contribution is 2.22. The lowest BCUT2D eigenvalue weighted by Gasteiger charge is -2.19. The van der Waals surface area contributed by atoms with Gasteiger partial charge < -0.3 is 15.0 Å². The molecule has 0 aliphatic carbocycles. The minimum atomic E-state index is -0.726. The van der Waals surface area contributed by atoms with Gasteiger partial charge in [0.2, 0.25) is 5.78 Å². The Balaban J connectivity index is 1.88. The fourth-order valence-corrected chi connectivity index (χ4v) is 3.20. The van der Waals surface area contributed by atoms with Gasteiger partial charge in [-0.25, -0.2) is 0 Å². The maximum absolute atomic E-state index is 12.3. The molecule has 7 nitrogen and oxygen atoms in total. The molecule has 1 heterocycles. The Labute approximate surface area is 176 Å². The maximum atomic E-state index is 12.3. The second-order valence-electron chi connectivity index (χ2n) is 8.28. The van der Waals surface area contributed by atoms with Gasteiger partial charge in [-0.3, -0.25) is 19.2 Å². The summed E-state index contributed by atoms with van der Waals surface area (Å²) < 4.78 is 4.96. The topological polar surface area (TPSA) is 105 Å². The van der Waals surface area contributed by atoms with E-state index in [1.807, 2.05) is 12.1 Å². The number of ketones is 2. The Bertz CT molecular complexity index is 978. The standard InChI is InChI=1S/C23H28N2O5/c1-13-20(15(3)26)14(2)25-21(13)18(27)12-30-19(28)11-24-22(29)16-7-9-17(10-8-16)23(4,5)6/h7-10,25H,11-12H2,1-6H3,(H,24,29). The molecule has 0 bridgehead atoms. The van der Waals surface area contributed by atoms with Gasteiger partial charge in [0.1, 0.15) is 6.54 Å². The van der Waals surface area contributed by atoms with Crippen LogP contribution in [-0.4, -0.2) is 41.6 Å². The molecule has 0 aliphatic heterocycles. The molecular formula is C23H28N2O5. The van der Waals surface area contributed by atoms with Crippen LogP contribution in [0.5, 0.6) is 0 Å². The molecule has 0 aliphatic rings. The van der Waals surface area contributed by atoms with Gasteiger partial charge in [-0.1, -0.05) is 32.9 Å². The van der Waals surface area contributed by atoms with Crippen molar-refractivity contribution in [3.8, 4) is 0 Å². The first-order valence-electron chi connectivity index (χ1n) is 9.69. The lowest BCUT2D eigenvalue weighted by Crippen LogP contribution is -2.31. The minimum absolute atomic E-state index is 0.0213. The molecule has 0 saturated carbocycles. The Morgan fingerprint density at radius 1 is 1.03 bits per heavy atom. The van der Waals surface area contributed by atoms with Crippen molar-refractivity contribution in [1.29, 1.82) is 0 Å². The van der Waals surface area contributed by atoms with E-state index in [1.165, 1.54) is 6.92 Å². The molecule has 160 valence electrons. The van der Waals surface area contributed by atoms with E-state index in [0.29, 0.717) is 22.4 Å². The molecule has 0 radical (unpaired) electrons. The van der Waals surface area contributed by atoms with Crippen molar-refractivity contribution in [2.75, 3.05) is 13.2 Å². The summed E-state index contributed by atoms with van der Waals surface area (Å²) in [5.74, 6) is -1.72.